The van der Waals surface area contributed by atoms with Gasteiger partial charge >= 0.3 is 11.7 Å². The molecule has 208 valence electrons. The lowest BCUT2D eigenvalue weighted by atomic mass is 10.2. The molecule has 0 radical (unpaired) electrons. The molecule has 13 heteroatoms. The smallest absolute Gasteiger partial charge is 0.330 e. The molecule has 4 rings (SSSR count). The number of hydrogen-bond donors (Lipinski definition) is 3. The van der Waals surface area contributed by atoms with Gasteiger partial charge in [0.05, 0.1) is 5.69 Å². The second-order valence-electron chi connectivity index (χ2n) is 8.84. The van der Waals surface area contributed by atoms with Crippen molar-refractivity contribution < 1.29 is 33.4 Å². The van der Waals surface area contributed by atoms with Crippen molar-refractivity contribution in [3.05, 3.63) is 110 Å². The number of nitrogens with zero attached hydrogens (tertiary/aromatic N) is 2. The summed E-state index contributed by atoms with van der Waals surface area (Å²) in [6.45, 7) is 0.989. The number of aryl methyl sites for hydroxylation is 1. The van der Waals surface area contributed by atoms with E-state index < -0.39 is 53.5 Å². The Morgan fingerprint density at radius 2 is 1.93 bits per heavy atom. The van der Waals surface area contributed by atoms with Gasteiger partial charge in [0.1, 0.15) is 30.8 Å². The summed E-state index contributed by atoms with van der Waals surface area (Å²) in [5, 5.41) is 12.5. The SMILES string of the molecule is Cc1cn([C@H]2C=C[C@@H](COC(=O)CNC(=O)C(=O)/C=C(\O)c3cccn3Cc3ccc(F)cc3)O2)c(=O)[nH]c1=O. The number of benzene rings is 1. The van der Waals surface area contributed by atoms with Gasteiger partial charge in [-0.05, 0) is 42.8 Å². The molecule has 3 heterocycles. The number of aliphatic hydroxyl groups is 1. The van der Waals surface area contributed by atoms with Gasteiger partial charge in [-0.15, -0.1) is 0 Å². The van der Waals surface area contributed by atoms with Crippen molar-refractivity contribution in [2.45, 2.75) is 25.8 Å². The summed E-state index contributed by atoms with van der Waals surface area (Å²) in [4.78, 5) is 62.1. The number of aliphatic hydroxyl groups excluding tert-OH is 1. The Morgan fingerprint density at radius 3 is 2.67 bits per heavy atom. The third-order valence-corrected chi connectivity index (χ3v) is 5.88. The van der Waals surface area contributed by atoms with E-state index in [2.05, 4.69) is 10.3 Å². The molecule has 12 nitrogen and oxygen atoms in total. The number of aromatic amines is 1. The number of halogens is 1. The normalized spacial score (nSPS) is 16.6. The average Bonchev–Trinajstić information content (AvgIpc) is 3.59. The first kappa shape index (κ1) is 28.0. The summed E-state index contributed by atoms with van der Waals surface area (Å²) in [5.41, 5.74) is 0.169. The predicted molar refractivity (Wildman–Crippen MR) is 139 cm³/mol. The van der Waals surface area contributed by atoms with E-state index in [1.165, 1.54) is 35.9 Å². The molecular formula is C27H25FN4O8. The Morgan fingerprint density at radius 1 is 1.18 bits per heavy atom. The summed E-state index contributed by atoms with van der Waals surface area (Å²) in [6.07, 6.45) is 5.38. The van der Waals surface area contributed by atoms with Crippen LogP contribution in [0, 0.1) is 12.7 Å². The van der Waals surface area contributed by atoms with Gasteiger partial charge in [0.25, 0.3) is 11.5 Å². The van der Waals surface area contributed by atoms with E-state index in [-0.39, 0.29) is 24.7 Å². The molecule has 0 bridgehead atoms. The maximum atomic E-state index is 13.1. The van der Waals surface area contributed by atoms with Crippen molar-refractivity contribution in [1.82, 2.24) is 19.4 Å². The van der Waals surface area contributed by atoms with E-state index in [1.807, 2.05) is 0 Å². The van der Waals surface area contributed by atoms with Gasteiger partial charge in [-0.1, -0.05) is 18.2 Å². The predicted octanol–water partition coefficient (Wildman–Crippen LogP) is 1.12. The third kappa shape index (κ3) is 6.88. The van der Waals surface area contributed by atoms with Gasteiger partial charge < -0.3 is 24.5 Å². The molecule has 0 aliphatic carbocycles. The first-order valence-electron chi connectivity index (χ1n) is 12.0. The number of amides is 1. The number of H-pyrrole nitrogens is 1. The summed E-state index contributed by atoms with van der Waals surface area (Å²) in [6, 6.07) is 8.95. The Kier molecular flexibility index (Phi) is 8.54. The molecule has 1 aliphatic heterocycles. The zero-order valence-electron chi connectivity index (χ0n) is 21.2. The maximum absolute atomic E-state index is 13.1. The molecule has 40 heavy (non-hydrogen) atoms. The molecule has 2 aromatic heterocycles. The topological polar surface area (TPSA) is 162 Å². The minimum Gasteiger partial charge on any atom is -0.506 e. The van der Waals surface area contributed by atoms with Gasteiger partial charge in [0.15, 0.2) is 6.23 Å². The highest BCUT2D eigenvalue weighted by atomic mass is 19.1. The fourth-order valence-electron chi connectivity index (χ4n) is 3.82. The van der Waals surface area contributed by atoms with Crippen LogP contribution in [0.15, 0.2) is 76.6 Å². The van der Waals surface area contributed by atoms with Crippen molar-refractivity contribution >= 4 is 23.4 Å². The minimum absolute atomic E-state index is 0.224. The highest BCUT2D eigenvalue weighted by Gasteiger charge is 2.23. The number of rotatable bonds is 10. The first-order valence-corrected chi connectivity index (χ1v) is 12.0. The monoisotopic (exact) mass is 552 g/mol. The van der Waals surface area contributed by atoms with E-state index in [9.17, 15) is 33.5 Å². The second-order valence-corrected chi connectivity index (χ2v) is 8.84. The number of carbonyl (C=O) groups excluding carboxylic acids is 3. The Balaban J connectivity index is 1.24. The van der Waals surface area contributed by atoms with Crippen LogP contribution in [0.25, 0.3) is 5.76 Å². The van der Waals surface area contributed by atoms with Crippen LogP contribution in [0.1, 0.15) is 23.0 Å². The molecule has 3 N–H and O–H groups in total. The molecule has 1 aromatic carbocycles. The highest BCUT2D eigenvalue weighted by Crippen LogP contribution is 2.20. The largest absolute Gasteiger partial charge is 0.506 e. The van der Waals surface area contributed by atoms with Crippen LogP contribution in [0.3, 0.4) is 0 Å². The van der Waals surface area contributed by atoms with Gasteiger partial charge in [-0.25, -0.2) is 9.18 Å². The average molecular weight is 553 g/mol. The molecule has 0 spiro atoms. The number of nitrogens with one attached hydrogen (secondary N) is 2. The van der Waals surface area contributed by atoms with Crippen molar-refractivity contribution in [2.75, 3.05) is 13.2 Å². The first-order chi connectivity index (χ1) is 19.1. The van der Waals surface area contributed by atoms with Crippen LogP contribution in [-0.4, -0.2) is 56.1 Å². The Bertz CT molecular complexity index is 1600. The molecule has 2 atom stereocenters. The van der Waals surface area contributed by atoms with Crippen LogP contribution in [0.4, 0.5) is 4.39 Å². The van der Waals surface area contributed by atoms with Crippen LogP contribution in [-0.2, 0) is 30.4 Å². The lowest BCUT2D eigenvalue weighted by Gasteiger charge is -2.16. The number of ketones is 1. The summed E-state index contributed by atoms with van der Waals surface area (Å²) < 4.78 is 26.6. The molecule has 0 saturated carbocycles. The van der Waals surface area contributed by atoms with Crippen molar-refractivity contribution in [3.63, 3.8) is 0 Å². The quantitative estimate of drug-likeness (QED) is 0.111. The van der Waals surface area contributed by atoms with Gasteiger partial charge in [-0.3, -0.25) is 28.7 Å². The van der Waals surface area contributed by atoms with Crippen LogP contribution < -0.4 is 16.6 Å². The second kappa shape index (κ2) is 12.2. The van der Waals surface area contributed by atoms with Crippen LogP contribution in [0.2, 0.25) is 0 Å². The fraction of sp³-hybridized carbons (Fsp3) is 0.222. The molecule has 3 aromatic rings. The molecular weight excluding hydrogens is 527 g/mol. The van der Waals surface area contributed by atoms with Gasteiger partial charge in [0.2, 0.25) is 5.78 Å². The van der Waals surface area contributed by atoms with Crippen molar-refractivity contribution in [3.8, 4) is 0 Å². The van der Waals surface area contributed by atoms with E-state index in [1.54, 1.807) is 41.1 Å². The molecule has 0 unspecified atom stereocenters. The maximum Gasteiger partial charge on any atom is 0.330 e. The third-order valence-electron chi connectivity index (χ3n) is 5.88. The molecule has 0 fully saturated rings. The van der Waals surface area contributed by atoms with Crippen LogP contribution in [0.5, 0.6) is 0 Å². The lowest BCUT2D eigenvalue weighted by Crippen LogP contribution is -2.36. The number of carbonyl (C=O) groups is 3. The van der Waals surface area contributed by atoms with E-state index in [4.69, 9.17) is 9.47 Å². The summed E-state index contributed by atoms with van der Waals surface area (Å²) in [5.74, 6) is -3.92. The lowest BCUT2D eigenvalue weighted by molar-refractivity contribution is -0.148. The van der Waals surface area contributed by atoms with E-state index >= 15 is 0 Å². The highest BCUT2D eigenvalue weighted by molar-refractivity contribution is 6.41. The number of aromatic nitrogens is 3. The Hall–Kier alpha value is -5.04. The molecule has 1 aliphatic rings. The Labute approximate surface area is 226 Å². The van der Waals surface area contributed by atoms with Gasteiger partial charge in [-0.2, -0.15) is 0 Å². The van der Waals surface area contributed by atoms with Gasteiger partial charge in [0, 0.05) is 30.6 Å². The van der Waals surface area contributed by atoms with Crippen molar-refractivity contribution in [2.24, 2.45) is 0 Å². The zero-order valence-corrected chi connectivity index (χ0v) is 21.2. The van der Waals surface area contributed by atoms with E-state index in [0.717, 1.165) is 11.6 Å². The standard InChI is InChI=1S/C27H25FN4O8/c1-16-13-32(27(38)30-25(16)36)23-9-8-19(40-23)15-39-24(35)12-29-26(37)22(34)11-21(33)20-3-2-10-31(20)14-17-4-6-18(28)7-5-17/h2-11,13,19,23,33H,12,14-15H2,1H3,(H,29,37)(H,30,36,38)/b21-11-/t19-,23+/m0/s1. The number of hydrogen-bond acceptors (Lipinski definition) is 8. The number of esters is 1. The van der Waals surface area contributed by atoms with E-state index in [0.29, 0.717) is 5.56 Å². The summed E-state index contributed by atoms with van der Waals surface area (Å²) in [7, 11) is 0. The fourth-order valence-corrected chi connectivity index (χ4v) is 3.82. The zero-order chi connectivity index (χ0) is 28.8. The summed E-state index contributed by atoms with van der Waals surface area (Å²) >= 11 is 0. The molecule has 1 amide bonds. The number of ether oxygens (including phenoxy) is 2. The van der Waals surface area contributed by atoms with Crippen molar-refractivity contribution in [1.29, 1.82) is 0 Å². The minimum atomic E-state index is -1.13. The molecule has 0 saturated heterocycles. The van der Waals surface area contributed by atoms with Crippen LogP contribution >= 0.6 is 0 Å².